The van der Waals surface area contributed by atoms with Crippen molar-refractivity contribution in [2.75, 3.05) is 11.4 Å². The maximum absolute atomic E-state index is 13.0. The molecule has 0 bridgehead atoms. The second-order valence-corrected chi connectivity index (χ2v) is 7.47. The molecule has 0 aromatic heterocycles. The molecule has 2 atom stereocenters. The van der Waals surface area contributed by atoms with Gasteiger partial charge in [0, 0.05) is 30.2 Å². The number of likely N-dealkylation sites (tertiary alicyclic amines) is 1. The smallest absolute Gasteiger partial charge is 0.232 e. The molecule has 0 saturated carbocycles. The highest BCUT2D eigenvalue weighted by Crippen LogP contribution is 2.35. The molecule has 4 nitrogen and oxygen atoms in total. The molecule has 2 aliphatic heterocycles. The molecule has 2 heterocycles. The molecule has 1 aromatic rings. The zero-order chi connectivity index (χ0) is 16.1. The van der Waals surface area contributed by atoms with Gasteiger partial charge in [-0.3, -0.25) is 9.59 Å². The van der Waals surface area contributed by atoms with E-state index in [1.807, 2.05) is 48.8 Å². The number of amides is 2. The summed E-state index contributed by atoms with van der Waals surface area (Å²) in [6.07, 6.45) is 1.23. The number of carbonyl (C=O) groups excluding carboxylic acids is 2. The van der Waals surface area contributed by atoms with Crippen LogP contribution in [0.3, 0.4) is 0 Å². The van der Waals surface area contributed by atoms with E-state index in [1.165, 1.54) is 5.56 Å². The van der Waals surface area contributed by atoms with Crippen molar-refractivity contribution in [2.45, 2.75) is 52.1 Å². The third-order valence-corrected chi connectivity index (χ3v) is 4.73. The molecule has 0 aliphatic carbocycles. The lowest BCUT2D eigenvalue weighted by Crippen LogP contribution is -2.44. The van der Waals surface area contributed by atoms with Crippen molar-refractivity contribution in [3.8, 4) is 0 Å². The molecule has 1 aromatic carbocycles. The van der Waals surface area contributed by atoms with Crippen molar-refractivity contribution in [3.63, 3.8) is 0 Å². The first kappa shape index (κ1) is 15.1. The monoisotopic (exact) mass is 300 g/mol. The van der Waals surface area contributed by atoms with Gasteiger partial charge in [0.1, 0.15) is 0 Å². The summed E-state index contributed by atoms with van der Waals surface area (Å²) >= 11 is 0. The van der Waals surface area contributed by atoms with Crippen molar-refractivity contribution in [1.82, 2.24) is 4.90 Å². The molecule has 22 heavy (non-hydrogen) atoms. The Balaban J connectivity index is 1.83. The highest BCUT2D eigenvalue weighted by Gasteiger charge is 2.43. The minimum absolute atomic E-state index is 0.0889. The highest BCUT2D eigenvalue weighted by atomic mass is 16.2. The second-order valence-electron chi connectivity index (χ2n) is 7.47. The largest absolute Gasteiger partial charge is 0.337 e. The summed E-state index contributed by atoms with van der Waals surface area (Å²) in [5.41, 5.74) is 2.02. The summed E-state index contributed by atoms with van der Waals surface area (Å²) in [6, 6.07) is 8.25. The van der Waals surface area contributed by atoms with Crippen LogP contribution in [0.5, 0.6) is 0 Å². The van der Waals surface area contributed by atoms with Crippen molar-refractivity contribution >= 4 is 17.5 Å². The first-order chi connectivity index (χ1) is 10.3. The van der Waals surface area contributed by atoms with Crippen LogP contribution in [0.4, 0.5) is 5.69 Å². The van der Waals surface area contributed by atoms with Crippen LogP contribution in [-0.4, -0.2) is 34.8 Å². The molecule has 4 heteroatoms. The standard InChI is InChI=1S/C18H24N2O2/c1-12-9-13-7-5-6-8-15(13)20(12)17(22)14-10-16(21)19(11-14)18(2,3)4/h5-8,12,14H,9-11H2,1-4H3. The van der Waals surface area contributed by atoms with E-state index in [0.717, 1.165) is 12.1 Å². The normalized spacial score (nSPS) is 24.8. The van der Waals surface area contributed by atoms with Gasteiger partial charge in [-0.25, -0.2) is 0 Å². The van der Waals surface area contributed by atoms with Gasteiger partial charge in [-0.05, 0) is 45.7 Å². The molecule has 0 spiro atoms. The van der Waals surface area contributed by atoms with Crippen molar-refractivity contribution in [1.29, 1.82) is 0 Å². The van der Waals surface area contributed by atoms with E-state index < -0.39 is 0 Å². The van der Waals surface area contributed by atoms with Gasteiger partial charge in [0.15, 0.2) is 0 Å². The number of fused-ring (bicyclic) bond motifs is 1. The van der Waals surface area contributed by atoms with Crippen molar-refractivity contribution < 1.29 is 9.59 Å². The second kappa shape index (κ2) is 5.11. The number of nitrogens with zero attached hydrogens (tertiary/aromatic N) is 2. The highest BCUT2D eigenvalue weighted by molar-refractivity contribution is 6.01. The van der Waals surface area contributed by atoms with Gasteiger partial charge in [0.25, 0.3) is 0 Å². The topological polar surface area (TPSA) is 40.6 Å². The Kier molecular flexibility index (Phi) is 3.50. The van der Waals surface area contributed by atoms with E-state index in [4.69, 9.17) is 0 Å². The number of benzene rings is 1. The molecule has 2 unspecified atom stereocenters. The maximum atomic E-state index is 13.0. The van der Waals surface area contributed by atoms with Gasteiger partial charge in [-0.1, -0.05) is 18.2 Å². The molecule has 2 aliphatic rings. The lowest BCUT2D eigenvalue weighted by atomic mass is 10.1. The van der Waals surface area contributed by atoms with Crippen LogP contribution in [0.25, 0.3) is 0 Å². The summed E-state index contributed by atoms with van der Waals surface area (Å²) in [7, 11) is 0. The van der Waals surface area contributed by atoms with Crippen LogP contribution < -0.4 is 4.90 Å². The first-order valence-electron chi connectivity index (χ1n) is 8.00. The van der Waals surface area contributed by atoms with Crippen molar-refractivity contribution in [2.24, 2.45) is 5.92 Å². The van der Waals surface area contributed by atoms with Crippen LogP contribution >= 0.6 is 0 Å². The zero-order valence-electron chi connectivity index (χ0n) is 13.8. The molecular formula is C18H24N2O2. The van der Waals surface area contributed by atoms with Gasteiger partial charge in [-0.15, -0.1) is 0 Å². The number of hydrogen-bond acceptors (Lipinski definition) is 2. The molecule has 0 radical (unpaired) electrons. The Morgan fingerprint density at radius 3 is 2.50 bits per heavy atom. The van der Waals surface area contributed by atoms with Crippen LogP contribution in [0.15, 0.2) is 24.3 Å². The number of anilines is 1. The average molecular weight is 300 g/mol. The summed E-state index contributed by atoms with van der Waals surface area (Å²) in [4.78, 5) is 29.0. The molecule has 3 rings (SSSR count). The molecule has 0 N–H and O–H groups in total. The number of para-hydroxylation sites is 1. The van der Waals surface area contributed by atoms with Crippen LogP contribution in [0.1, 0.15) is 39.7 Å². The Bertz CT molecular complexity index is 618. The third kappa shape index (κ3) is 2.40. The van der Waals surface area contributed by atoms with Crippen LogP contribution in [-0.2, 0) is 16.0 Å². The molecule has 2 amide bonds. The minimum Gasteiger partial charge on any atom is -0.337 e. The van der Waals surface area contributed by atoms with Gasteiger partial charge in [-0.2, -0.15) is 0 Å². The van der Waals surface area contributed by atoms with E-state index in [-0.39, 0.29) is 29.3 Å². The predicted molar refractivity (Wildman–Crippen MR) is 86.7 cm³/mol. The molecule has 118 valence electrons. The summed E-state index contributed by atoms with van der Waals surface area (Å²) in [6.45, 7) is 8.67. The van der Waals surface area contributed by atoms with E-state index >= 15 is 0 Å². The van der Waals surface area contributed by atoms with Gasteiger partial charge >= 0.3 is 0 Å². The fraction of sp³-hybridized carbons (Fsp3) is 0.556. The summed E-state index contributed by atoms with van der Waals surface area (Å²) in [5, 5.41) is 0. The Hall–Kier alpha value is -1.84. The van der Waals surface area contributed by atoms with Crippen LogP contribution in [0, 0.1) is 5.92 Å². The molecular weight excluding hydrogens is 276 g/mol. The lowest BCUT2D eigenvalue weighted by Gasteiger charge is -2.32. The summed E-state index contributed by atoms with van der Waals surface area (Å²) in [5.74, 6) is -0.0381. The predicted octanol–water partition coefficient (Wildman–Crippen LogP) is 2.61. The number of rotatable bonds is 1. The fourth-order valence-electron chi connectivity index (χ4n) is 3.62. The zero-order valence-corrected chi connectivity index (χ0v) is 13.8. The van der Waals surface area contributed by atoms with Gasteiger partial charge < -0.3 is 9.80 Å². The fourth-order valence-corrected chi connectivity index (χ4v) is 3.62. The SMILES string of the molecule is CC1Cc2ccccc2N1C(=O)C1CC(=O)N(C(C)(C)C)C1. The Morgan fingerprint density at radius 1 is 1.18 bits per heavy atom. The first-order valence-corrected chi connectivity index (χ1v) is 8.00. The minimum atomic E-state index is -0.222. The number of hydrogen-bond donors (Lipinski definition) is 0. The molecule has 1 fully saturated rings. The average Bonchev–Trinajstić information content (AvgIpc) is 2.97. The Morgan fingerprint density at radius 2 is 1.86 bits per heavy atom. The maximum Gasteiger partial charge on any atom is 0.232 e. The molecule has 1 saturated heterocycles. The van der Waals surface area contributed by atoms with E-state index in [9.17, 15) is 9.59 Å². The quantitative estimate of drug-likeness (QED) is 0.800. The van der Waals surface area contributed by atoms with Crippen molar-refractivity contribution in [3.05, 3.63) is 29.8 Å². The Labute approximate surface area is 132 Å². The lowest BCUT2D eigenvalue weighted by molar-refractivity contribution is -0.131. The van der Waals surface area contributed by atoms with Gasteiger partial charge in [0.2, 0.25) is 11.8 Å². The van der Waals surface area contributed by atoms with Gasteiger partial charge in [0.05, 0.1) is 5.92 Å². The number of carbonyl (C=O) groups is 2. The third-order valence-electron chi connectivity index (χ3n) is 4.73. The van der Waals surface area contributed by atoms with E-state index in [1.54, 1.807) is 0 Å². The van der Waals surface area contributed by atoms with Crippen LogP contribution in [0.2, 0.25) is 0 Å². The van der Waals surface area contributed by atoms with E-state index in [2.05, 4.69) is 13.0 Å². The summed E-state index contributed by atoms with van der Waals surface area (Å²) < 4.78 is 0. The van der Waals surface area contributed by atoms with E-state index in [0.29, 0.717) is 13.0 Å².